The molecule has 0 aromatic carbocycles. The number of carbonyl (C=O) groups excluding carboxylic acids is 2. The lowest BCUT2D eigenvalue weighted by Gasteiger charge is -2.06. The molecule has 0 spiro atoms. The number of carbonyl (C=O) groups is 2. The van der Waals surface area contributed by atoms with Crippen LogP contribution in [-0.4, -0.2) is 33.6 Å². The molecule has 3 N–H and O–H groups in total. The molecule has 0 atom stereocenters. The first-order valence-electron chi connectivity index (χ1n) is 4.74. The number of hydrogen-bond donors (Lipinski definition) is 2. The van der Waals surface area contributed by atoms with E-state index in [-0.39, 0.29) is 12.3 Å². The van der Waals surface area contributed by atoms with Gasteiger partial charge in [0.2, 0.25) is 0 Å². The van der Waals surface area contributed by atoms with Crippen molar-refractivity contribution in [1.29, 1.82) is 0 Å². The van der Waals surface area contributed by atoms with Crippen molar-refractivity contribution in [3.63, 3.8) is 0 Å². The Bertz CT molecular complexity index is 456. The number of ether oxygens (including phenoxy) is 1. The summed E-state index contributed by atoms with van der Waals surface area (Å²) in [5.74, 6) is -2.74. The average molecular weight is 237 g/mol. The van der Waals surface area contributed by atoms with Gasteiger partial charge in [-0.1, -0.05) is 0 Å². The molecular weight excluding hydrogens is 226 g/mol. The minimum atomic E-state index is -1.09. The van der Waals surface area contributed by atoms with Crippen molar-refractivity contribution < 1.29 is 19.4 Å². The number of nitrogens with two attached hydrogens (primary N) is 1. The highest BCUT2D eigenvalue weighted by Gasteiger charge is 2.24. The number of hydrogen-bond acceptors (Lipinski definition) is 6. The highest BCUT2D eigenvalue weighted by atomic mass is 16.5. The predicted molar refractivity (Wildman–Crippen MR) is 57.4 cm³/mol. The lowest BCUT2D eigenvalue weighted by molar-refractivity contribution is -0.139. The molecular formula is C10H11N3O4. The van der Waals surface area contributed by atoms with Crippen molar-refractivity contribution in [1.82, 2.24) is 9.97 Å². The van der Waals surface area contributed by atoms with Crippen LogP contribution >= 0.6 is 0 Å². The summed E-state index contributed by atoms with van der Waals surface area (Å²) >= 11 is 0. The van der Waals surface area contributed by atoms with Crippen molar-refractivity contribution in [3.8, 4) is 0 Å². The molecule has 0 fully saturated rings. The molecule has 0 bridgehead atoms. The van der Waals surface area contributed by atoms with Gasteiger partial charge in [-0.3, -0.25) is 9.78 Å². The van der Waals surface area contributed by atoms with Gasteiger partial charge in [0.1, 0.15) is 5.69 Å². The quantitative estimate of drug-likeness (QED) is 0.246. The van der Waals surface area contributed by atoms with Gasteiger partial charge in [-0.15, -0.1) is 0 Å². The van der Waals surface area contributed by atoms with Crippen LogP contribution < -0.4 is 5.73 Å². The largest absolute Gasteiger partial charge is 0.505 e. The third kappa shape index (κ3) is 3.00. The lowest BCUT2D eigenvalue weighted by atomic mass is 10.2. The van der Waals surface area contributed by atoms with E-state index in [0.717, 1.165) is 0 Å². The Balaban J connectivity index is 3.21. The van der Waals surface area contributed by atoms with Crippen LogP contribution in [0.4, 0.5) is 0 Å². The molecule has 1 rings (SSSR count). The number of primary amides is 1. The fourth-order valence-electron chi connectivity index (χ4n) is 1.07. The summed E-state index contributed by atoms with van der Waals surface area (Å²) in [7, 11) is 0. The second kappa shape index (κ2) is 5.59. The summed E-state index contributed by atoms with van der Waals surface area (Å²) in [4.78, 5) is 29.9. The van der Waals surface area contributed by atoms with Gasteiger partial charge < -0.3 is 15.6 Å². The first-order chi connectivity index (χ1) is 8.07. The highest BCUT2D eigenvalue weighted by Crippen LogP contribution is 2.13. The molecule has 1 aromatic heterocycles. The maximum atomic E-state index is 11.4. The molecule has 0 radical (unpaired) electrons. The third-order valence-corrected chi connectivity index (χ3v) is 1.77. The highest BCUT2D eigenvalue weighted by molar-refractivity contribution is 6.20. The lowest BCUT2D eigenvalue weighted by Crippen LogP contribution is -2.24. The smallest absolute Gasteiger partial charge is 0.347 e. The summed E-state index contributed by atoms with van der Waals surface area (Å²) in [6.07, 6.45) is 3.87. The van der Waals surface area contributed by atoms with E-state index in [9.17, 15) is 14.7 Å². The molecule has 90 valence electrons. The van der Waals surface area contributed by atoms with Gasteiger partial charge in [0.25, 0.3) is 5.91 Å². The number of aromatic nitrogens is 2. The Labute approximate surface area is 96.9 Å². The molecule has 17 heavy (non-hydrogen) atoms. The summed E-state index contributed by atoms with van der Waals surface area (Å²) in [6.45, 7) is 1.62. The van der Waals surface area contributed by atoms with Gasteiger partial charge in [0, 0.05) is 12.4 Å². The number of aliphatic hydroxyl groups is 1. The summed E-state index contributed by atoms with van der Waals surface area (Å²) < 4.78 is 4.60. The van der Waals surface area contributed by atoms with Crippen LogP contribution in [0.25, 0.3) is 5.76 Å². The fraction of sp³-hybridized carbons (Fsp3) is 0.200. The zero-order chi connectivity index (χ0) is 12.8. The Kier molecular flexibility index (Phi) is 4.15. The molecule has 7 heteroatoms. The van der Waals surface area contributed by atoms with Gasteiger partial charge in [0.05, 0.1) is 12.8 Å². The monoisotopic (exact) mass is 237 g/mol. The molecule has 1 heterocycles. The van der Waals surface area contributed by atoms with E-state index in [4.69, 9.17) is 5.73 Å². The van der Waals surface area contributed by atoms with E-state index in [1.54, 1.807) is 6.92 Å². The first-order valence-corrected chi connectivity index (χ1v) is 4.74. The molecule has 7 nitrogen and oxygen atoms in total. The van der Waals surface area contributed by atoms with E-state index in [1.807, 2.05) is 0 Å². The molecule has 0 aliphatic rings. The van der Waals surface area contributed by atoms with Crippen molar-refractivity contribution in [3.05, 3.63) is 29.9 Å². The summed E-state index contributed by atoms with van der Waals surface area (Å²) in [5, 5.41) is 9.72. The Hall–Kier alpha value is -2.44. The molecule has 1 aromatic rings. The first kappa shape index (κ1) is 12.6. The topological polar surface area (TPSA) is 115 Å². The molecule has 0 saturated heterocycles. The zero-order valence-corrected chi connectivity index (χ0v) is 9.08. The normalized spacial score (nSPS) is 11.6. The Morgan fingerprint density at radius 3 is 2.65 bits per heavy atom. The standard InChI is InChI=1S/C10H11N3O4/c1-2-17-10(16)7(9(11)15)8(14)6-5-12-3-4-13-6/h3-5,14H,2H2,1H3,(H2,11,15). The van der Waals surface area contributed by atoms with Gasteiger partial charge >= 0.3 is 5.97 Å². The second-order valence-corrected chi connectivity index (χ2v) is 2.90. The van der Waals surface area contributed by atoms with E-state index >= 15 is 0 Å². The number of aliphatic hydroxyl groups excluding tert-OH is 1. The van der Waals surface area contributed by atoms with Crippen molar-refractivity contribution in [2.24, 2.45) is 5.73 Å². The minimum Gasteiger partial charge on any atom is -0.505 e. The maximum Gasteiger partial charge on any atom is 0.347 e. The SMILES string of the molecule is CCOC(=O)C(C(N)=O)=C(O)c1cnccn1. The van der Waals surface area contributed by atoms with E-state index in [2.05, 4.69) is 14.7 Å². The van der Waals surface area contributed by atoms with Crippen LogP contribution in [0.1, 0.15) is 12.6 Å². The maximum absolute atomic E-state index is 11.4. The van der Waals surface area contributed by atoms with Gasteiger partial charge in [-0.25, -0.2) is 9.78 Å². The van der Waals surface area contributed by atoms with Crippen LogP contribution in [0.3, 0.4) is 0 Å². The number of amides is 1. The zero-order valence-electron chi connectivity index (χ0n) is 9.08. The van der Waals surface area contributed by atoms with Gasteiger partial charge in [0.15, 0.2) is 11.3 Å². The fourth-order valence-corrected chi connectivity index (χ4v) is 1.07. The molecule has 0 unspecified atom stereocenters. The number of esters is 1. The summed E-state index contributed by atoms with van der Waals surface area (Å²) in [6, 6.07) is 0. The van der Waals surface area contributed by atoms with Gasteiger partial charge in [-0.05, 0) is 6.92 Å². The van der Waals surface area contributed by atoms with Crippen molar-refractivity contribution in [2.75, 3.05) is 6.61 Å². The molecule has 0 saturated carbocycles. The van der Waals surface area contributed by atoms with Crippen LogP contribution in [0.2, 0.25) is 0 Å². The number of nitrogens with zero attached hydrogens (tertiary/aromatic N) is 2. The molecule has 1 amide bonds. The Morgan fingerprint density at radius 1 is 1.47 bits per heavy atom. The van der Waals surface area contributed by atoms with E-state index < -0.39 is 23.2 Å². The molecule has 0 aliphatic heterocycles. The minimum absolute atomic E-state index is 0.0330. The van der Waals surface area contributed by atoms with E-state index in [1.165, 1.54) is 18.6 Å². The van der Waals surface area contributed by atoms with Crippen molar-refractivity contribution >= 4 is 17.6 Å². The van der Waals surface area contributed by atoms with Gasteiger partial charge in [-0.2, -0.15) is 0 Å². The average Bonchev–Trinajstić information content (AvgIpc) is 2.30. The van der Waals surface area contributed by atoms with Crippen LogP contribution in [0.5, 0.6) is 0 Å². The predicted octanol–water partition coefficient (Wildman–Crippen LogP) is -0.206. The van der Waals surface area contributed by atoms with E-state index in [0.29, 0.717) is 0 Å². The Morgan fingerprint density at radius 2 is 2.18 bits per heavy atom. The van der Waals surface area contributed by atoms with Crippen molar-refractivity contribution in [2.45, 2.75) is 6.92 Å². The third-order valence-electron chi connectivity index (χ3n) is 1.77. The number of rotatable bonds is 4. The van der Waals surface area contributed by atoms with Crippen LogP contribution in [0.15, 0.2) is 24.2 Å². The van der Waals surface area contributed by atoms with Crippen LogP contribution in [0, 0.1) is 0 Å². The summed E-state index contributed by atoms with van der Waals surface area (Å²) in [5.41, 5.74) is 4.32. The second-order valence-electron chi connectivity index (χ2n) is 2.90. The molecule has 0 aliphatic carbocycles. The van der Waals surface area contributed by atoms with Crippen LogP contribution in [-0.2, 0) is 14.3 Å².